The molecule has 0 saturated heterocycles. The number of carboxylic acids is 1. The van der Waals surface area contributed by atoms with Gasteiger partial charge in [0.2, 0.25) is 0 Å². The van der Waals surface area contributed by atoms with Crippen LogP contribution >= 0.6 is 0 Å². The van der Waals surface area contributed by atoms with Gasteiger partial charge in [-0.05, 0) is 42.2 Å². The number of nitrogens with one attached hydrogen (secondary N) is 1. The van der Waals surface area contributed by atoms with Crippen LogP contribution in [0.5, 0.6) is 0 Å². The first-order valence-corrected chi connectivity index (χ1v) is 7.48. The number of rotatable bonds is 5. The number of allylic oxidation sites excluding steroid dienone is 1. The van der Waals surface area contributed by atoms with E-state index in [1.165, 1.54) is 22.8 Å². The smallest absolute Gasteiger partial charge is 0.353 e. The molecule has 0 aromatic heterocycles. The van der Waals surface area contributed by atoms with Gasteiger partial charge >= 0.3 is 5.97 Å². The highest BCUT2D eigenvalue weighted by Gasteiger charge is 2.06. The summed E-state index contributed by atoms with van der Waals surface area (Å²) >= 11 is 0. The summed E-state index contributed by atoms with van der Waals surface area (Å²) in [6.45, 7) is 4.17. The number of aryl methyl sites for hydroxylation is 2. The van der Waals surface area contributed by atoms with Gasteiger partial charge in [0.15, 0.2) is 0 Å². The molecule has 124 valence electrons. The van der Waals surface area contributed by atoms with E-state index in [0.717, 1.165) is 11.1 Å². The van der Waals surface area contributed by atoms with Gasteiger partial charge in [0.05, 0.1) is 5.70 Å². The maximum atomic E-state index is 10.9. The summed E-state index contributed by atoms with van der Waals surface area (Å²) in [5.74, 6) is 4.08. The van der Waals surface area contributed by atoms with Crippen molar-refractivity contribution in [3.05, 3.63) is 76.6 Å². The van der Waals surface area contributed by atoms with Crippen molar-refractivity contribution in [2.75, 3.05) is 0 Å². The van der Waals surface area contributed by atoms with E-state index >= 15 is 0 Å². The number of hydrogen-bond acceptors (Lipinski definition) is 4. The second-order valence-electron chi connectivity index (χ2n) is 5.55. The van der Waals surface area contributed by atoms with Gasteiger partial charge in [-0.3, -0.25) is 5.84 Å². The number of hydrogen-bond donors (Lipinski definition) is 4. The van der Waals surface area contributed by atoms with Gasteiger partial charge in [-0.2, -0.15) is 0 Å². The van der Waals surface area contributed by atoms with E-state index in [-0.39, 0.29) is 11.4 Å². The lowest BCUT2D eigenvalue weighted by Gasteiger charge is -2.08. The van der Waals surface area contributed by atoms with Gasteiger partial charge in [0, 0.05) is 0 Å². The van der Waals surface area contributed by atoms with E-state index in [1.54, 1.807) is 6.08 Å². The Kier molecular flexibility index (Phi) is 5.39. The van der Waals surface area contributed by atoms with Crippen LogP contribution in [0.2, 0.25) is 0 Å². The topological polar surface area (TPSA) is 101 Å². The van der Waals surface area contributed by atoms with Crippen LogP contribution < -0.4 is 17.0 Å². The molecule has 2 aromatic carbocycles. The third-order valence-corrected chi connectivity index (χ3v) is 3.72. The van der Waals surface area contributed by atoms with E-state index in [4.69, 9.17) is 16.7 Å². The molecule has 0 unspecified atom stereocenters. The minimum absolute atomic E-state index is 0.154. The lowest BCUT2D eigenvalue weighted by atomic mass is 9.98. The quantitative estimate of drug-likeness (QED) is 0.293. The largest absolute Gasteiger partial charge is 0.477 e. The molecule has 0 bridgehead atoms. The van der Waals surface area contributed by atoms with E-state index < -0.39 is 5.97 Å². The van der Waals surface area contributed by atoms with Crippen molar-refractivity contribution < 1.29 is 9.90 Å². The van der Waals surface area contributed by atoms with Crippen LogP contribution in [0.25, 0.3) is 17.2 Å². The summed E-state index contributed by atoms with van der Waals surface area (Å²) < 4.78 is 0. The van der Waals surface area contributed by atoms with Crippen molar-refractivity contribution in [1.29, 1.82) is 0 Å². The lowest BCUT2D eigenvalue weighted by Crippen LogP contribution is -2.26. The Balaban J connectivity index is 2.25. The van der Waals surface area contributed by atoms with E-state index in [0.29, 0.717) is 0 Å². The van der Waals surface area contributed by atoms with Crippen LogP contribution in [0.3, 0.4) is 0 Å². The van der Waals surface area contributed by atoms with Crippen LogP contribution in [-0.2, 0) is 4.79 Å². The highest BCUT2D eigenvalue weighted by Crippen LogP contribution is 2.24. The van der Waals surface area contributed by atoms with E-state index in [2.05, 4.69) is 37.5 Å². The number of carboxylic acid groups (broad SMARTS) is 1. The third-order valence-electron chi connectivity index (χ3n) is 3.72. The van der Waals surface area contributed by atoms with Gasteiger partial charge in [-0.25, -0.2) is 4.79 Å². The SMILES string of the molecule is Cc1ccc(-c2ccc(/C=C/C(NN)=C(/N)C(=O)O)cc2)c(C)c1. The molecule has 0 atom stereocenters. The first-order valence-electron chi connectivity index (χ1n) is 7.48. The third kappa shape index (κ3) is 4.02. The number of benzene rings is 2. The first-order chi connectivity index (χ1) is 11.4. The highest BCUT2D eigenvalue weighted by molar-refractivity contribution is 5.87. The summed E-state index contributed by atoms with van der Waals surface area (Å²) in [7, 11) is 0. The molecule has 0 spiro atoms. The Labute approximate surface area is 141 Å². The summed E-state index contributed by atoms with van der Waals surface area (Å²) in [6, 6.07) is 14.3. The molecule has 0 heterocycles. The average Bonchev–Trinajstić information content (AvgIpc) is 2.56. The predicted octanol–water partition coefficient (Wildman–Crippen LogP) is 2.70. The minimum atomic E-state index is -1.22. The second kappa shape index (κ2) is 7.48. The lowest BCUT2D eigenvalue weighted by molar-refractivity contribution is -0.132. The second-order valence-corrected chi connectivity index (χ2v) is 5.55. The molecule has 5 heteroatoms. The molecule has 0 fully saturated rings. The van der Waals surface area contributed by atoms with Crippen LogP contribution in [0, 0.1) is 13.8 Å². The van der Waals surface area contributed by atoms with Crippen molar-refractivity contribution in [3.8, 4) is 11.1 Å². The van der Waals surface area contributed by atoms with E-state index in [1.807, 2.05) is 24.3 Å². The average molecular weight is 323 g/mol. The highest BCUT2D eigenvalue weighted by atomic mass is 16.4. The van der Waals surface area contributed by atoms with E-state index in [9.17, 15) is 4.79 Å². The fourth-order valence-electron chi connectivity index (χ4n) is 2.42. The predicted molar refractivity (Wildman–Crippen MR) is 96.6 cm³/mol. The molecule has 5 nitrogen and oxygen atoms in total. The van der Waals surface area contributed by atoms with Crippen LogP contribution in [-0.4, -0.2) is 11.1 Å². The molecule has 0 saturated carbocycles. The molecule has 24 heavy (non-hydrogen) atoms. The Morgan fingerprint density at radius 3 is 2.33 bits per heavy atom. The molecule has 0 aliphatic heterocycles. The summed E-state index contributed by atoms with van der Waals surface area (Å²) in [5, 5.41) is 8.88. The van der Waals surface area contributed by atoms with Crippen molar-refractivity contribution in [3.63, 3.8) is 0 Å². The van der Waals surface area contributed by atoms with Gasteiger partial charge in [0.25, 0.3) is 0 Å². The zero-order chi connectivity index (χ0) is 17.7. The number of hydrazine groups is 1. The monoisotopic (exact) mass is 323 g/mol. The fraction of sp³-hybridized carbons (Fsp3) is 0.105. The number of aliphatic carboxylic acids is 1. The van der Waals surface area contributed by atoms with Crippen LogP contribution in [0.4, 0.5) is 0 Å². The minimum Gasteiger partial charge on any atom is -0.477 e. The molecule has 0 radical (unpaired) electrons. The molecule has 2 rings (SSSR count). The zero-order valence-electron chi connectivity index (χ0n) is 13.7. The van der Waals surface area contributed by atoms with Crippen molar-refractivity contribution in [1.82, 2.24) is 5.43 Å². The fourth-order valence-corrected chi connectivity index (χ4v) is 2.42. The zero-order valence-corrected chi connectivity index (χ0v) is 13.7. The molecule has 0 aliphatic rings. The van der Waals surface area contributed by atoms with Gasteiger partial charge in [-0.15, -0.1) is 0 Å². The van der Waals surface area contributed by atoms with Crippen molar-refractivity contribution >= 4 is 12.0 Å². The molecule has 0 amide bonds. The van der Waals surface area contributed by atoms with Crippen molar-refractivity contribution in [2.45, 2.75) is 13.8 Å². The molecular formula is C19H21N3O2. The maximum Gasteiger partial charge on any atom is 0.353 e. The van der Waals surface area contributed by atoms with Gasteiger partial charge < -0.3 is 16.3 Å². The van der Waals surface area contributed by atoms with Crippen LogP contribution in [0.15, 0.2) is 59.9 Å². The normalized spacial score (nSPS) is 12.1. The first kappa shape index (κ1) is 17.3. The van der Waals surface area contributed by atoms with Crippen LogP contribution in [0.1, 0.15) is 16.7 Å². The molecule has 0 aliphatic carbocycles. The molecule has 6 N–H and O–H groups in total. The summed E-state index contributed by atoms with van der Waals surface area (Å²) in [6.07, 6.45) is 3.28. The van der Waals surface area contributed by atoms with Gasteiger partial charge in [0.1, 0.15) is 5.70 Å². The Hall–Kier alpha value is -3.05. The number of carbonyl (C=O) groups is 1. The maximum absolute atomic E-state index is 10.9. The Morgan fingerprint density at radius 1 is 1.12 bits per heavy atom. The standard InChI is InChI=1S/C19H21N3O2/c1-12-3-9-16(13(2)11-12)15-7-4-14(5-8-15)6-10-17(22-21)18(20)19(23)24/h3-11,22H,20-21H2,1-2H3,(H,23,24)/b10-6+,18-17-. The summed E-state index contributed by atoms with van der Waals surface area (Å²) in [4.78, 5) is 10.9. The molecular weight excluding hydrogens is 302 g/mol. The molecule has 2 aromatic rings. The Bertz CT molecular complexity index is 806. The summed E-state index contributed by atoms with van der Waals surface area (Å²) in [5.41, 5.74) is 13.3. The Morgan fingerprint density at radius 2 is 1.79 bits per heavy atom. The van der Waals surface area contributed by atoms with Crippen molar-refractivity contribution in [2.24, 2.45) is 11.6 Å². The van der Waals surface area contributed by atoms with Gasteiger partial charge in [-0.1, -0.05) is 54.1 Å². The number of nitrogens with two attached hydrogens (primary N) is 2.